The Hall–Kier alpha value is -2.29. The van der Waals surface area contributed by atoms with E-state index in [2.05, 4.69) is 15.6 Å². The van der Waals surface area contributed by atoms with Crippen LogP contribution in [0.1, 0.15) is 29.8 Å². The lowest BCUT2D eigenvalue weighted by atomic mass is 10.1. The minimum Gasteiger partial charge on any atom is -0.492 e. The molecular weight excluding hydrogens is 479 g/mol. The number of amides is 1. The number of para-hydroxylation sites is 1. The first-order valence-electron chi connectivity index (χ1n) is 9.68. The molecule has 0 aliphatic carbocycles. The van der Waals surface area contributed by atoms with Crippen LogP contribution in [0.2, 0.25) is 0 Å². The molecule has 7 heteroatoms. The second-order valence-corrected chi connectivity index (χ2v) is 6.19. The molecule has 2 aromatic rings. The van der Waals surface area contributed by atoms with Crippen LogP contribution < -0.4 is 15.4 Å². The van der Waals surface area contributed by atoms with Crippen molar-refractivity contribution in [3.63, 3.8) is 0 Å². The molecule has 2 N–H and O–H groups in total. The molecule has 158 valence electrons. The Morgan fingerprint density at radius 3 is 2.24 bits per heavy atom. The fourth-order valence-corrected chi connectivity index (χ4v) is 2.72. The number of rotatable bonds is 9. The summed E-state index contributed by atoms with van der Waals surface area (Å²) in [5.74, 6) is 1.63. The van der Waals surface area contributed by atoms with Crippen molar-refractivity contribution in [3.8, 4) is 5.75 Å². The second kappa shape index (κ2) is 13.8. The van der Waals surface area contributed by atoms with E-state index in [0.717, 1.165) is 11.3 Å². The molecule has 0 atom stereocenters. The number of hydrogen-bond donors (Lipinski definition) is 2. The summed E-state index contributed by atoms with van der Waals surface area (Å²) in [4.78, 5) is 18.4. The van der Waals surface area contributed by atoms with Crippen molar-refractivity contribution in [1.29, 1.82) is 0 Å². The Bertz CT molecular complexity index is 747. The average molecular weight is 510 g/mol. The Kier molecular flexibility index (Phi) is 11.8. The molecule has 0 radical (unpaired) electrons. The quantitative estimate of drug-likeness (QED) is 0.235. The number of halogens is 1. The van der Waals surface area contributed by atoms with Gasteiger partial charge in [0.15, 0.2) is 5.96 Å². The van der Waals surface area contributed by atoms with E-state index in [4.69, 9.17) is 4.74 Å². The standard InChI is InChI=1S/C22H30N4O2.HI/c1-4-26(5-2)21(27)19-13-11-18(12-14-19)17-25-22(23-3)24-15-16-28-20-9-7-6-8-10-20;/h6-14H,4-5,15-17H2,1-3H3,(H2,23,24,25);1H. The Morgan fingerprint density at radius 1 is 1.00 bits per heavy atom. The number of benzene rings is 2. The summed E-state index contributed by atoms with van der Waals surface area (Å²) in [5, 5.41) is 6.49. The van der Waals surface area contributed by atoms with Gasteiger partial charge in [-0.05, 0) is 43.7 Å². The summed E-state index contributed by atoms with van der Waals surface area (Å²) < 4.78 is 5.66. The highest BCUT2D eigenvalue weighted by Gasteiger charge is 2.11. The van der Waals surface area contributed by atoms with Gasteiger partial charge in [0.1, 0.15) is 12.4 Å². The van der Waals surface area contributed by atoms with Crippen LogP contribution in [-0.4, -0.2) is 50.1 Å². The minimum absolute atomic E-state index is 0. The molecule has 0 bridgehead atoms. The van der Waals surface area contributed by atoms with E-state index >= 15 is 0 Å². The number of nitrogens with one attached hydrogen (secondary N) is 2. The van der Waals surface area contributed by atoms with E-state index in [1.165, 1.54) is 0 Å². The molecule has 2 rings (SSSR count). The van der Waals surface area contributed by atoms with Crippen LogP contribution in [0.3, 0.4) is 0 Å². The summed E-state index contributed by atoms with van der Waals surface area (Å²) in [6, 6.07) is 17.4. The van der Waals surface area contributed by atoms with Gasteiger partial charge in [-0.25, -0.2) is 0 Å². The molecule has 0 aliphatic rings. The summed E-state index contributed by atoms with van der Waals surface area (Å²) >= 11 is 0. The summed E-state index contributed by atoms with van der Waals surface area (Å²) in [6.45, 7) is 7.23. The third-order valence-electron chi connectivity index (χ3n) is 4.34. The molecule has 0 fully saturated rings. The fraction of sp³-hybridized carbons (Fsp3) is 0.364. The molecule has 2 aromatic carbocycles. The van der Waals surface area contributed by atoms with Gasteiger partial charge in [0, 0.05) is 32.2 Å². The number of guanidine groups is 1. The summed E-state index contributed by atoms with van der Waals surface area (Å²) in [7, 11) is 1.74. The smallest absolute Gasteiger partial charge is 0.253 e. The van der Waals surface area contributed by atoms with Crippen LogP contribution in [0.4, 0.5) is 0 Å². The van der Waals surface area contributed by atoms with E-state index in [0.29, 0.717) is 44.3 Å². The predicted octanol–water partition coefficient (Wildman–Crippen LogP) is 3.53. The molecule has 0 saturated carbocycles. The highest BCUT2D eigenvalue weighted by molar-refractivity contribution is 14.0. The monoisotopic (exact) mass is 510 g/mol. The van der Waals surface area contributed by atoms with E-state index < -0.39 is 0 Å². The van der Waals surface area contributed by atoms with Crippen molar-refractivity contribution in [1.82, 2.24) is 15.5 Å². The van der Waals surface area contributed by atoms with Crippen LogP contribution in [0.25, 0.3) is 0 Å². The van der Waals surface area contributed by atoms with Crippen molar-refractivity contribution in [2.24, 2.45) is 4.99 Å². The molecule has 0 heterocycles. The first-order valence-corrected chi connectivity index (χ1v) is 9.68. The van der Waals surface area contributed by atoms with Gasteiger partial charge >= 0.3 is 0 Å². The fourth-order valence-electron chi connectivity index (χ4n) is 2.72. The van der Waals surface area contributed by atoms with Gasteiger partial charge in [-0.15, -0.1) is 24.0 Å². The molecule has 1 amide bonds. The maximum atomic E-state index is 12.3. The molecule has 0 aromatic heterocycles. The van der Waals surface area contributed by atoms with Gasteiger partial charge in [0.25, 0.3) is 5.91 Å². The highest BCUT2D eigenvalue weighted by atomic mass is 127. The average Bonchev–Trinajstić information content (AvgIpc) is 2.75. The maximum Gasteiger partial charge on any atom is 0.253 e. The van der Waals surface area contributed by atoms with Gasteiger partial charge < -0.3 is 20.3 Å². The van der Waals surface area contributed by atoms with Crippen molar-refractivity contribution in [3.05, 3.63) is 65.7 Å². The molecule has 0 aliphatic heterocycles. The van der Waals surface area contributed by atoms with Gasteiger partial charge in [-0.3, -0.25) is 9.79 Å². The number of carbonyl (C=O) groups excluding carboxylic acids is 1. The lowest BCUT2D eigenvalue weighted by Crippen LogP contribution is -2.38. The zero-order chi connectivity index (χ0) is 20.2. The normalized spacial score (nSPS) is 10.7. The highest BCUT2D eigenvalue weighted by Crippen LogP contribution is 2.08. The summed E-state index contributed by atoms with van der Waals surface area (Å²) in [6.07, 6.45) is 0. The minimum atomic E-state index is 0. The van der Waals surface area contributed by atoms with Crippen LogP contribution in [0.15, 0.2) is 59.6 Å². The Labute approximate surface area is 190 Å². The molecule has 0 unspecified atom stereocenters. The second-order valence-electron chi connectivity index (χ2n) is 6.19. The van der Waals surface area contributed by atoms with Gasteiger partial charge in [-0.1, -0.05) is 30.3 Å². The van der Waals surface area contributed by atoms with E-state index in [1.807, 2.05) is 73.3 Å². The predicted molar refractivity (Wildman–Crippen MR) is 129 cm³/mol. The zero-order valence-corrected chi connectivity index (χ0v) is 19.7. The van der Waals surface area contributed by atoms with Crippen molar-refractivity contribution >= 4 is 35.8 Å². The topological polar surface area (TPSA) is 66.0 Å². The molecule has 29 heavy (non-hydrogen) atoms. The first-order chi connectivity index (χ1) is 13.7. The number of hydrogen-bond acceptors (Lipinski definition) is 3. The van der Waals surface area contributed by atoms with Crippen LogP contribution in [-0.2, 0) is 6.54 Å². The maximum absolute atomic E-state index is 12.3. The van der Waals surface area contributed by atoms with Crippen LogP contribution in [0, 0.1) is 0 Å². The largest absolute Gasteiger partial charge is 0.492 e. The van der Waals surface area contributed by atoms with Crippen LogP contribution in [0.5, 0.6) is 5.75 Å². The molecular formula is C22H31IN4O2. The lowest BCUT2D eigenvalue weighted by Gasteiger charge is -2.18. The summed E-state index contributed by atoms with van der Waals surface area (Å²) in [5.41, 5.74) is 1.80. The van der Waals surface area contributed by atoms with E-state index in [9.17, 15) is 4.79 Å². The Morgan fingerprint density at radius 2 is 1.66 bits per heavy atom. The number of carbonyl (C=O) groups is 1. The van der Waals surface area contributed by atoms with Gasteiger partial charge in [-0.2, -0.15) is 0 Å². The van der Waals surface area contributed by atoms with E-state index in [1.54, 1.807) is 7.05 Å². The molecule has 0 saturated heterocycles. The third-order valence-corrected chi connectivity index (χ3v) is 4.34. The number of aliphatic imine (C=N–C) groups is 1. The van der Waals surface area contributed by atoms with Gasteiger partial charge in [0.05, 0.1) is 6.54 Å². The SMILES string of the molecule is CCN(CC)C(=O)c1ccc(CNC(=NC)NCCOc2ccccc2)cc1.I. The molecule has 6 nitrogen and oxygen atoms in total. The van der Waals surface area contributed by atoms with Crippen LogP contribution >= 0.6 is 24.0 Å². The van der Waals surface area contributed by atoms with Crippen molar-refractivity contribution in [2.75, 3.05) is 33.3 Å². The van der Waals surface area contributed by atoms with E-state index in [-0.39, 0.29) is 29.9 Å². The van der Waals surface area contributed by atoms with Crippen molar-refractivity contribution < 1.29 is 9.53 Å². The Balaban J connectivity index is 0.00000420. The van der Waals surface area contributed by atoms with Gasteiger partial charge in [0.2, 0.25) is 0 Å². The first kappa shape index (κ1) is 24.7. The van der Waals surface area contributed by atoms with Crippen molar-refractivity contribution in [2.45, 2.75) is 20.4 Å². The lowest BCUT2D eigenvalue weighted by molar-refractivity contribution is 0.0773. The molecule has 0 spiro atoms. The zero-order valence-electron chi connectivity index (χ0n) is 17.4. The third kappa shape index (κ3) is 8.31. The number of ether oxygens (including phenoxy) is 1. The number of nitrogens with zero attached hydrogens (tertiary/aromatic N) is 2.